The minimum absolute atomic E-state index is 0.147. The molecule has 0 saturated carbocycles. The Morgan fingerprint density at radius 3 is 2.47 bits per heavy atom. The van der Waals surface area contributed by atoms with E-state index >= 15 is 0 Å². The van der Waals surface area contributed by atoms with Crippen molar-refractivity contribution in [3.63, 3.8) is 0 Å². The van der Waals surface area contributed by atoms with Gasteiger partial charge in [-0.05, 0) is 26.5 Å². The average Bonchev–Trinajstić information content (AvgIpc) is 2.24. The van der Waals surface area contributed by atoms with Crippen LogP contribution in [-0.2, 0) is 4.79 Å². The molecular formula is C13H21NO3. The number of nitrogens with two attached hydrogens (primary N) is 1. The van der Waals surface area contributed by atoms with Gasteiger partial charge < -0.3 is 15.9 Å². The first kappa shape index (κ1) is 15.4. The number of aliphatic hydroxyl groups is 1. The fourth-order valence-corrected chi connectivity index (χ4v) is 1.18. The second-order valence-electron chi connectivity index (χ2n) is 4.36. The molecule has 4 N–H and O–H groups in total. The Hall–Kier alpha value is -1.55. The zero-order chi connectivity index (χ0) is 13.5. The quantitative estimate of drug-likeness (QED) is 0.686. The van der Waals surface area contributed by atoms with Crippen LogP contribution in [0.3, 0.4) is 0 Å². The predicted octanol–water partition coefficient (Wildman–Crippen LogP) is 1.82. The summed E-state index contributed by atoms with van der Waals surface area (Å²) >= 11 is 0. The van der Waals surface area contributed by atoms with Gasteiger partial charge in [0.2, 0.25) is 0 Å². The van der Waals surface area contributed by atoms with Crippen LogP contribution < -0.4 is 5.73 Å². The molecule has 1 aliphatic carbocycles. The molecule has 17 heavy (non-hydrogen) atoms. The van der Waals surface area contributed by atoms with Crippen LogP contribution in [0.4, 0.5) is 0 Å². The van der Waals surface area contributed by atoms with Gasteiger partial charge in [0.25, 0.3) is 0 Å². The van der Waals surface area contributed by atoms with E-state index in [1.807, 2.05) is 6.08 Å². The molecule has 0 aromatic heterocycles. The molecule has 0 saturated heterocycles. The molecule has 2 unspecified atom stereocenters. The first-order valence-corrected chi connectivity index (χ1v) is 5.47. The third-order valence-electron chi connectivity index (χ3n) is 2.43. The number of allylic oxidation sites excluding steroid dienone is 5. The molecule has 0 aromatic carbocycles. The van der Waals surface area contributed by atoms with Crippen molar-refractivity contribution in [1.29, 1.82) is 0 Å². The zero-order valence-corrected chi connectivity index (χ0v) is 10.6. The summed E-state index contributed by atoms with van der Waals surface area (Å²) in [5.74, 6) is -1.19. The van der Waals surface area contributed by atoms with Crippen molar-refractivity contribution in [3.8, 4) is 0 Å². The van der Waals surface area contributed by atoms with Crippen molar-refractivity contribution in [2.24, 2.45) is 11.1 Å². The van der Waals surface area contributed by atoms with Gasteiger partial charge in [0.15, 0.2) is 0 Å². The SMILES string of the molecule is CC(O)C(=O)O.CC1=CCC(C)(C=CN)C=C1. The molecular weight excluding hydrogens is 218 g/mol. The van der Waals surface area contributed by atoms with Crippen molar-refractivity contribution >= 4 is 5.97 Å². The van der Waals surface area contributed by atoms with Gasteiger partial charge in [-0.25, -0.2) is 4.79 Å². The van der Waals surface area contributed by atoms with E-state index in [9.17, 15) is 4.79 Å². The number of carboxylic acid groups (broad SMARTS) is 1. The Morgan fingerprint density at radius 2 is 2.18 bits per heavy atom. The summed E-state index contributed by atoms with van der Waals surface area (Å²) in [5.41, 5.74) is 6.83. The number of rotatable bonds is 2. The van der Waals surface area contributed by atoms with Crippen LogP contribution in [0.2, 0.25) is 0 Å². The number of aliphatic hydroxyl groups excluding tert-OH is 1. The van der Waals surface area contributed by atoms with Crippen LogP contribution in [0.15, 0.2) is 36.1 Å². The Kier molecular flexibility index (Phi) is 6.28. The summed E-state index contributed by atoms with van der Waals surface area (Å²) < 4.78 is 0. The third kappa shape index (κ3) is 6.58. The van der Waals surface area contributed by atoms with Gasteiger partial charge in [0.05, 0.1) is 0 Å². The summed E-state index contributed by atoms with van der Waals surface area (Å²) in [6.45, 7) is 5.49. The topological polar surface area (TPSA) is 83.5 Å². The van der Waals surface area contributed by atoms with E-state index in [1.165, 1.54) is 12.5 Å². The first-order valence-electron chi connectivity index (χ1n) is 5.47. The Balaban J connectivity index is 0.000000366. The molecule has 2 atom stereocenters. The second-order valence-corrected chi connectivity index (χ2v) is 4.36. The second kappa shape index (κ2) is 6.91. The fourth-order valence-electron chi connectivity index (χ4n) is 1.18. The molecule has 0 aromatic rings. The molecule has 0 amide bonds. The number of hydrogen-bond acceptors (Lipinski definition) is 3. The number of hydrogen-bond donors (Lipinski definition) is 3. The van der Waals surface area contributed by atoms with Gasteiger partial charge >= 0.3 is 5.97 Å². The summed E-state index contributed by atoms with van der Waals surface area (Å²) in [4.78, 5) is 9.45. The van der Waals surface area contributed by atoms with Crippen LogP contribution in [0.25, 0.3) is 0 Å². The first-order chi connectivity index (χ1) is 7.80. The van der Waals surface area contributed by atoms with Gasteiger partial charge in [0.1, 0.15) is 6.10 Å². The molecule has 4 heteroatoms. The monoisotopic (exact) mass is 239 g/mol. The van der Waals surface area contributed by atoms with Crippen molar-refractivity contribution in [2.75, 3.05) is 0 Å². The van der Waals surface area contributed by atoms with Crippen molar-refractivity contribution in [1.82, 2.24) is 0 Å². The molecule has 0 bridgehead atoms. The fraction of sp³-hybridized carbons (Fsp3) is 0.462. The molecule has 0 fully saturated rings. The van der Waals surface area contributed by atoms with E-state index in [2.05, 4.69) is 32.1 Å². The predicted molar refractivity (Wildman–Crippen MR) is 68.3 cm³/mol. The molecule has 0 spiro atoms. The molecule has 0 aliphatic heterocycles. The number of carboxylic acids is 1. The maximum atomic E-state index is 9.45. The number of aliphatic carboxylic acids is 1. The summed E-state index contributed by atoms with van der Waals surface area (Å²) in [7, 11) is 0. The smallest absolute Gasteiger partial charge is 0.332 e. The molecule has 0 heterocycles. The van der Waals surface area contributed by atoms with E-state index in [4.69, 9.17) is 15.9 Å². The maximum Gasteiger partial charge on any atom is 0.332 e. The van der Waals surface area contributed by atoms with Crippen molar-refractivity contribution in [2.45, 2.75) is 33.3 Å². The lowest BCUT2D eigenvalue weighted by atomic mass is 9.82. The normalized spacial score (nSPS) is 24.8. The largest absolute Gasteiger partial charge is 0.479 e. The Morgan fingerprint density at radius 1 is 1.65 bits per heavy atom. The highest BCUT2D eigenvalue weighted by molar-refractivity contribution is 5.71. The highest BCUT2D eigenvalue weighted by Gasteiger charge is 2.17. The van der Waals surface area contributed by atoms with E-state index in [1.54, 1.807) is 6.20 Å². The third-order valence-corrected chi connectivity index (χ3v) is 2.43. The lowest BCUT2D eigenvalue weighted by Gasteiger charge is -2.22. The van der Waals surface area contributed by atoms with Crippen LogP contribution in [0.5, 0.6) is 0 Å². The van der Waals surface area contributed by atoms with Crippen LogP contribution in [0.1, 0.15) is 27.2 Å². The summed E-state index contributed by atoms with van der Waals surface area (Å²) in [6.07, 6.45) is 10.1. The van der Waals surface area contributed by atoms with Gasteiger partial charge in [-0.15, -0.1) is 0 Å². The van der Waals surface area contributed by atoms with Crippen LogP contribution >= 0.6 is 0 Å². The van der Waals surface area contributed by atoms with Crippen molar-refractivity contribution in [3.05, 3.63) is 36.1 Å². The number of carbonyl (C=O) groups is 1. The standard InChI is InChI=1S/C10H15N.C3H6O3/c1-9-3-5-10(2,6-4-9)7-8-11;1-2(4)3(5)6/h3-5,7-8H,6,11H2,1-2H3;2,4H,1H3,(H,5,6). The van der Waals surface area contributed by atoms with E-state index < -0.39 is 12.1 Å². The van der Waals surface area contributed by atoms with Crippen LogP contribution in [0, 0.1) is 5.41 Å². The maximum absolute atomic E-state index is 9.45. The van der Waals surface area contributed by atoms with Gasteiger partial charge in [-0.1, -0.05) is 36.8 Å². The lowest BCUT2D eigenvalue weighted by Crippen LogP contribution is -2.13. The van der Waals surface area contributed by atoms with Gasteiger partial charge in [-0.2, -0.15) is 0 Å². The zero-order valence-electron chi connectivity index (χ0n) is 10.6. The average molecular weight is 239 g/mol. The molecule has 96 valence electrons. The van der Waals surface area contributed by atoms with Gasteiger partial charge in [-0.3, -0.25) is 0 Å². The molecule has 4 nitrogen and oxygen atoms in total. The van der Waals surface area contributed by atoms with Crippen molar-refractivity contribution < 1.29 is 15.0 Å². The molecule has 1 rings (SSSR count). The minimum Gasteiger partial charge on any atom is -0.479 e. The minimum atomic E-state index is -1.23. The lowest BCUT2D eigenvalue weighted by molar-refractivity contribution is -0.145. The highest BCUT2D eigenvalue weighted by Crippen LogP contribution is 2.30. The molecule has 1 aliphatic rings. The summed E-state index contributed by atoms with van der Waals surface area (Å²) in [5, 5.41) is 15.8. The van der Waals surface area contributed by atoms with E-state index in [0.29, 0.717) is 0 Å². The Bertz CT molecular complexity index is 343. The van der Waals surface area contributed by atoms with Gasteiger partial charge in [0, 0.05) is 5.41 Å². The summed E-state index contributed by atoms with van der Waals surface area (Å²) in [6, 6.07) is 0. The Labute approximate surface area is 102 Å². The molecule has 0 radical (unpaired) electrons. The highest BCUT2D eigenvalue weighted by atomic mass is 16.4. The van der Waals surface area contributed by atoms with E-state index in [0.717, 1.165) is 6.42 Å². The van der Waals surface area contributed by atoms with E-state index in [-0.39, 0.29) is 5.41 Å². The van der Waals surface area contributed by atoms with Crippen LogP contribution in [-0.4, -0.2) is 22.3 Å².